The summed E-state index contributed by atoms with van der Waals surface area (Å²) in [5.41, 5.74) is 7.90. The molecule has 47 heavy (non-hydrogen) atoms. The Kier molecular flexibility index (Phi) is 8.69. The fourth-order valence-electron chi connectivity index (χ4n) is 6.39. The van der Waals surface area contributed by atoms with Crippen molar-refractivity contribution in [1.29, 1.82) is 0 Å². The SMILES string of the molecule is CN(C)CC(=O)Nc1cncc(-c2cnc3c(c2)C(c2cc4c(-c5cc(F)cc(OCCN6CCCC6)c5)cccc4[nH]2)=CCN3)c1. The van der Waals surface area contributed by atoms with Gasteiger partial charge in [0, 0.05) is 70.4 Å². The third-order valence-electron chi connectivity index (χ3n) is 8.58. The fraction of sp³-hybridized carbons (Fsp3) is 0.270. The molecular formula is C37H38FN7O2. The van der Waals surface area contributed by atoms with Crippen LogP contribution >= 0.6 is 0 Å². The number of aromatic amines is 1. The number of carbonyl (C=O) groups is 1. The Morgan fingerprint density at radius 1 is 1.00 bits per heavy atom. The maximum atomic E-state index is 14.9. The van der Waals surface area contributed by atoms with Crippen LogP contribution < -0.4 is 15.4 Å². The average molecular weight is 632 g/mol. The van der Waals surface area contributed by atoms with Gasteiger partial charge in [0.25, 0.3) is 0 Å². The number of likely N-dealkylation sites (N-methyl/N-ethyl adjacent to an activating group) is 1. The molecule has 1 fully saturated rings. The van der Waals surface area contributed by atoms with Crippen LogP contribution in [0.15, 0.2) is 79.3 Å². The molecule has 2 aromatic carbocycles. The highest BCUT2D eigenvalue weighted by atomic mass is 19.1. The number of benzene rings is 2. The van der Waals surface area contributed by atoms with E-state index in [1.54, 1.807) is 18.5 Å². The number of aromatic nitrogens is 3. The monoisotopic (exact) mass is 631 g/mol. The van der Waals surface area contributed by atoms with E-state index in [0.717, 1.165) is 75.4 Å². The third-order valence-corrected chi connectivity index (χ3v) is 8.58. The molecule has 0 aliphatic carbocycles. The molecule has 0 bridgehead atoms. The summed E-state index contributed by atoms with van der Waals surface area (Å²) in [6.07, 6.45) is 9.82. The zero-order valence-electron chi connectivity index (χ0n) is 26.6. The van der Waals surface area contributed by atoms with Crippen molar-refractivity contribution in [3.63, 3.8) is 0 Å². The summed E-state index contributed by atoms with van der Waals surface area (Å²) in [6, 6.07) is 17.1. The fourth-order valence-corrected chi connectivity index (χ4v) is 6.39. The Labute approximate surface area is 273 Å². The highest BCUT2D eigenvalue weighted by molar-refractivity contribution is 6.00. The number of pyridine rings is 2. The maximum absolute atomic E-state index is 14.9. The minimum Gasteiger partial charge on any atom is -0.492 e. The summed E-state index contributed by atoms with van der Waals surface area (Å²) >= 11 is 0. The van der Waals surface area contributed by atoms with E-state index in [0.29, 0.717) is 24.6 Å². The predicted molar refractivity (Wildman–Crippen MR) is 185 cm³/mol. The van der Waals surface area contributed by atoms with Crippen molar-refractivity contribution in [3.05, 3.63) is 96.3 Å². The van der Waals surface area contributed by atoms with E-state index in [-0.39, 0.29) is 18.3 Å². The van der Waals surface area contributed by atoms with Gasteiger partial charge in [0.2, 0.25) is 5.91 Å². The van der Waals surface area contributed by atoms with Crippen LogP contribution in [0.25, 0.3) is 38.7 Å². The zero-order valence-corrected chi connectivity index (χ0v) is 26.6. The van der Waals surface area contributed by atoms with Crippen molar-refractivity contribution in [2.24, 2.45) is 0 Å². The molecule has 0 saturated carbocycles. The molecule has 10 heteroatoms. The quantitative estimate of drug-likeness (QED) is 0.167. The summed E-state index contributed by atoms with van der Waals surface area (Å²) in [4.78, 5) is 29.2. The lowest BCUT2D eigenvalue weighted by molar-refractivity contribution is -0.116. The smallest absolute Gasteiger partial charge is 0.238 e. The van der Waals surface area contributed by atoms with Gasteiger partial charge in [-0.25, -0.2) is 9.37 Å². The van der Waals surface area contributed by atoms with E-state index in [1.807, 2.05) is 55.5 Å². The van der Waals surface area contributed by atoms with E-state index in [9.17, 15) is 9.18 Å². The first-order chi connectivity index (χ1) is 22.9. The van der Waals surface area contributed by atoms with Crippen LogP contribution in [0.4, 0.5) is 15.9 Å². The van der Waals surface area contributed by atoms with E-state index >= 15 is 0 Å². The Morgan fingerprint density at radius 3 is 2.70 bits per heavy atom. The summed E-state index contributed by atoms with van der Waals surface area (Å²) in [6.45, 7) is 4.50. The summed E-state index contributed by atoms with van der Waals surface area (Å²) < 4.78 is 20.9. The van der Waals surface area contributed by atoms with Gasteiger partial charge < -0.3 is 25.3 Å². The highest BCUT2D eigenvalue weighted by Crippen LogP contribution is 2.38. The van der Waals surface area contributed by atoms with E-state index in [1.165, 1.54) is 18.9 Å². The summed E-state index contributed by atoms with van der Waals surface area (Å²) in [5.74, 6) is 0.895. The molecular weight excluding hydrogens is 593 g/mol. The number of carbonyl (C=O) groups excluding carboxylic acids is 1. The lowest BCUT2D eigenvalue weighted by Gasteiger charge is -2.19. The van der Waals surface area contributed by atoms with Gasteiger partial charge >= 0.3 is 0 Å². The molecule has 2 aliphatic rings. The topological polar surface area (TPSA) is 98.4 Å². The van der Waals surface area contributed by atoms with Gasteiger partial charge in [0.1, 0.15) is 24.0 Å². The molecule has 0 atom stereocenters. The first-order valence-corrected chi connectivity index (χ1v) is 16.0. The molecule has 9 nitrogen and oxygen atoms in total. The van der Waals surface area contributed by atoms with Crippen LogP contribution in [0.2, 0.25) is 0 Å². The van der Waals surface area contributed by atoms with Crippen molar-refractivity contribution < 1.29 is 13.9 Å². The number of nitrogens with one attached hydrogen (secondary N) is 3. The number of H-pyrrole nitrogens is 1. The minimum atomic E-state index is -0.323. The van der Waals surface area contributed by atoms with Crippen LogP contribution in [0.3, 0.4) is 0 Å². The van der Waals surface area contributed by atoms with Crippen molar-refractivity contribution >= 4 is 33.9 Å². The number of fused-ring (bicyclic) bond motifs is 2. The van der Waals surface area contributed by atoms with Gasteiger partial charge in [-0.05, 0) is 87.6 Å². The molecule has 7 rings (SSSR count). The molecule has 5 aromatic rings. The van der Waals surface area contributed by atoms with Crippen LogP contribution in [0.1, 0.15) is 24.1 Å². The first-order valence-electron chi connectivity index (χ1n) is 16.0. The van der Waals surface area contributed by atoms with Gasteiger partial charge in [-0.1, -0.05) is 18.2 Å². The van der Waals surface area contributed by atoms with Gasteiger partial charge in [0.15, 0.2) is 0 Å². The van der Waals surface area contributed by atoms with Crippen molar-refractivity contribution in [2.75, 3.05) is 64.1 Å². The van der Waals surface area contributed by atoms with Gasteiger partial charge in [-0.2, -0.15) is 0 Å². The van der Waals surface area contributed by atoms with Crippen LogP contribution in [-0.2, 0) is 4.79 Å². The number of hydrogen-bond acceptors (Lipinski definition) is 7. The van der Waals surface area contributed by atoms with Crippen LogP contribution in [-0.4, -0.2) is 84.1 Å². The normalized spacial score (nSPS) is 14.6. The number of amides is 1. The Hall–Kier alpha value is -5.06. The maximum Gasteiger partial charge on any atom is 0.238 e. The van der Waals surface area contributed by atoms with Crippen molar-refractivity contribution in [1.82, 2.24) is 24.8 Å². The Balaban J connectivity index is 1.17. The molecule has 2 aliphatic heterocycles. The predicted octanol–water partition coefficient (Wildman–Crippen LogP) is 6.26. The number of hydrogen-bond donors (Lipinski definition) is 3. The molecule has 0 radical (unpaired) electrons. The molecule has 1 amide bonds. The second-order valence-electron chi connectivity index (χ2n) is 12.4. The van der Waals surface area contributed by atoms with Gasteiger partial charge in [-0.3, -0.25) is 14.7 Å². The number of halogens is 1. The number of likely N-dealkylation sites (tertiary alicyclic amines) is 1. The lowest BCUT2D eigenvalue weighted by Crippen LogP contribution is -2.27. The first kappa shape index (κ1) is 30.6. The summed E-state index contributed by atoms with van der Waals surface area (Å²) in [5, 5.41) is 7.29. The average Bonchev–Trinajstić information content (AvgIpc) is 3.74. The second-order valence-corrected chi connectivity index (χ2v) is 12.4. The standard InChI is InChI=1S/C37H38FN7O2/c1-44(2)23-36(46)42-28-15-25(20-39-22-28)26-17-33-31(8-9-40-37(33)41-21-26)35-19-32-30(6-5-7-34(32)43-35)24-14-27(38)18-29(16-24)47-13-12-45-10-3-4-11-45/h5-8,14-22,43H,3-4,9-13,23H2,1-2H3,(H,40,41)(H,42,46). The molecule has 3 N–H and O–H groups in total. The molecule has 1 saturated heterocycles. The third kappa shape index (κ3) is 6.89. The van der Waals surface area contributed by atoms with Gasteiger partial charge in [0.05, 0.1) is 18.4 Å². The van der Waals surface area contributed by atoms with Crippen LogP contribution in [0, 0.1) is 5.82 Å². The minimum absolute atomic E-state index is 0.107. The highest BCUT2D eigenvalue weighted by Gasteiger charge is 2.20. The Bertz CT molecular complexity index is 1960. The van der Waals surface area contributed by atoms with Crippen LogP contribution in [0.5, 0.6) is 5.75 Å². The van der Waals surface area contributed by atoms with E-state index < -0.39 is 0 Å². The number of rotatable bonds is 10. The molecule has 0 unspecified atom stereocenters. The number of ether oxygens (including phenoxy) is 1. The Morgan fingerprint density at radius 2 is 1.85 bits per heavy atom. The second kappa shape index (κ2) is 13.4. The molecule has 3 aromatic heterocycles. The molecule has 5 heterocycles. The molecule has 240 valence electrons. The number of nitrogens with zero attached hydrogens (tertiary/aromatic N) is 4. The van der Waals surface area contributed by atoms with E-state index in [2.05, 4.69) is 43.7 Å². The van der Waals surface area contributed by atoms with Crippen molar-refractivity contribution in [3.8, 4) is 28.0 Å². The lowest BCUT2D eigenvalue weighted by atomic mass is 9.96. The molecule has 0 spiro atoms. The van der Waals surface area contributed by atoms with Gasteiger partial charge in [-0.15, -0.1) is 0 Å². The summed E-state index contributed by atoms with van der Waals surface area (Å²) in [7, 11) is 3.70. The van der Waals surface area contributed by atoms with Crippen molar-refractivity contribution in [2.45, 2.75) is 12.8 Å². The van der Waals surface area contributed by atoms with E-state index in [4.69, 9.17) is 9.72 Å². The largest absolute Gasteiger partial charge is 0.492 e. The number of anilines is 2. The zero-order chi connectivity index (χ0) is 32.3.